The highest BCUT2D eigenvalue weighted by atomic mass is 19.1. The molecule has 0 radical (unpaired) electrons. The number of carbonyl (C=O) groups excluding carboxylic acids is 1. The van der Waals surface area contributed by atoms with Crippen LogP contribution < -0.4 is 9.64 Å². The van der Waals surface area contributed by atoms with Crippen molar-refractivity contribution in [1.29, 1.82) is 5.26 Å². The van der Waals surface area contributed by atoms with Gasteiger partial charge in [-0.3, -0.25) is 14.7 Å². The number of alkyl halides is 1. The maximum absolute atomic E-state index is 17.2. The van der Waals surface area contributed by atoms with Gasteiger partial charge in [0.25, 0.3) is 0 Å². The zero-order chi connectivity index (χ0) is 39.7. The second kappa shape index (κ2) is 13.9. The maximum atomic E-state index is 17.2. The van der Waals surface area contributed by atoms with Crippen LogP contribution in [0.1, 0.15) is 57.9 Å². The van der Waals surface area contributed by atoms with E-state index in [9.17, 15) is 20.3 Å². The van der Waals surface area contributed by atoms with Crippen molar-refractivity contribution < 1.29 is 32.9 Å². The van der Waals surface area contributed by atoms with Gasteiger partial charge in [-0.25, -0.2) is 13.2 Å². The lowest BCUT2D eigenvalue weighted by Gasteiger charge is -2.44. The smallest absolute Gasteiger partial charge is 0.319 e. The largest absolute Gasteiger partial charge is 0.508 e. The van der Waals surface area contributed by atoms with Gasteiger partial charge in [0.1, 0.15) is 41.4 Å². The van der Waals surface area contributed by atoms with Gasteiger partial charge in [-0.05, 0) is 75.6 Å². The number of phenolic OH excluding ortho intramolecular Hbond substituents is 1. The molecule has 4 aromatic rings. The minimum Gasteiger partial charge on any atom is -0.508 e. The van der Waals surface area contributed by atoms with Crippen LogP contribution in [0.4, 0.5) is 19.0 Å². The van der Waals surface area contributed by atoms with E-state index in [4.69, 9.17) is 16.1 Å². The third-order valence-corrected chi connectivity index (χ3v) is 12.3. The van der Waals surface area contributed by atoms with E-state index in [1.165, 1.54) is 36.5 Å². The number of phenols is 1. The summed E-state index contributed by atoms with van der Waals surface area (Å²) in [6.45, 7) is 8.05. The van der Waals surface area contributed by atoms with E-state index >= 15 is 13.2 Å². The lowest BCUT2D eigenvalue weighted by molar-refractivity contribution is -0.129. The van der Waals surface area contributed by atoms with Crippen LogP contribution in [0.25, 0.3) is 32.9 Å². The standard InChI is InChI=1S/C42H42F3N7O4/c1-5-29-32(44)8-7-23-14-28(53)15-30(35(23)29)37-36(45)38-31(18-47-37)39(50-20-27-13-24(17-46)33(21-50)52(27)34(54)6-2)49-40(48-38)56-22-41(3)16-25(43)19-51(41)26-9-11-42(4,55)12-10-26/h1,6-8,14-15,18,24-27,33,53,55H,2,9-13,16,19-22H2,3-4H3/t24?,25-,26?,27-,33-,41+,42?/m1/s1. The Morgan fingerprint density at radius 3 is 2.64 bits per heavy atom. The Hall–Kier alpha value is -5.44. The van der Waals surface area contributed by atoms with Gasteiger partial charge in [-0.15, -0.1) is 6.42 Å². The van der Waals surface area contributed by atoms with Crippen molar-refractivity contribution in [1.82, 2.24) is 24.8 Å². The number of terminal acetylenes is 1. The Balaban J connectivity index is 1.23. The number of pyridine rings is 1. The number of nitriles is 1. The van der Waals surface area contributed by atoms with Crippen molar-refractivity contribution >= 4 is 33.4 Å². The number of likely N-dealkylation sites (tertiary alicyclic amines) is 1. The zero-order valence-corrected chi connectivity index (χ0v) is 31.2. The molecule has 1 saturated carbocycles. The summed E-state index contributed by atoms with van der Waals surface area (Å²) in [5.74, 6) is 0.0659. The Labute approximate surface area is 322 Å². The Morgan fingerprint density at radius 1 is 1.16 bits per heavy atom. The quantitative estimate of drug-likeness (QED) is 0.175. The maximum Gasteiger partial charge on any atom is 0.319 e. The fourth-order valence-corrected chi connectivity index (χ4v) is 9.57. The van der Waals surface area contributed by atoms with E-state index in [-0.39, 0.29) is 101 Å². The second-order valence-electron chi connectivity index (χ2n) is 16.2. The molecule has 290 valence electrons. The van der Waals surface area contributed by atoms with Crippen LogP contribution in [0, 0.1) is 41.2 Å². The molecule has 4 fully saturated rings. The van der Waals surface area contributed by atoms with Crippen LogP contribution >= 0.6 is 0 Å². The van der Waals surface area contributed by atoms with E-state index in [2.05, 4.69) is 33.4 Å². The van der Waals surface area contributed by atoms with Gasteiger partial charge in [-0.1, -0.05) is 18.6 Å². The van der Waals surface area contributed by atoms with Gasteiger partial charge in [0.05, 0.1) is 46.2 Å². The Morgan fingerprint density at radius 2 is 1.93 bits per heavy atom. The first kappa shape index (κ1) is 37.5. The summed E-state index contributed by atoms with van der Waals surface area (Å²) in [6, 6.07) is 6.62. The summed E-state index contributed by atoms with van der Waals surface area (Å²) in [5.41, 5.74) is -2.02. The molecule has 14 heteroatoms. The van der Waals surface area contributed by atoms with E-state index < -0.39 is 40.9 Å². The van der Waals surface area contributed by atoms with E-state index in [1.54, 1.807) is 4.90 Å². The zero-order valence-electron chi connectivity index (χ0n) is 31.2. The lowest BCUT2D eigenvalue weighted by atomic mass is 9.82. The van der Waals surface area contributed by atoms with Crippen LogP contribution in [-0.2, 0) is 4.79 Å². The van der Waals surface area contributed by atoms with Crippen LogP contribution in [0.5, 0.6) is 11.8 Å². The number of halogens is 3. The molecule has 2 aromatic heterocycles. The number of aromatic nitrogens is 3. The number of ether oxygens (including phenoxy) is 1. The Bertz CT molecular complexity index is 2350. The molecule has 2 N–H and O–H groups in total. The van der Waals surface area contributed by atoms with Gasteiger partial charge < -0.3 is 24.7 Å². The normalized spacial score (nSPS) is 29.0. The topological polar surface area (TPSA) is 139 Å². The summed E-state index contributed by atoms with van der Waals surface area (Å²) >= 11 is 0. The summed E-state index contributed by atoms with van der Waals surface area (Å²) < 4.78 is 53.7. The number of aliphatic hydroxyl groups is 1. The average Bonchev–Trinajstić information content (AvgIpc) is 3.60. The number of piperazine rings is 1. The molecule has 2 bridgehead atoms. The molecule has 2 aromatic carbocycles. The molecule has 1 aliphatic carbocycles. The molecular formula is C42H42F3N7O4. The number of aromatic hydroxyl groups is 1. The van der Waals surface area contributed by atoms with Gasteiger partial charge in [0, 0.05) is 49.2 Å². The van der Waals surface area contributed by atoms with Crippen LogP contribution in [0.2, 0.25) is 0 Å². The fourth-order valence-electron chi connectivity index (χ4n) is 9.57. The molecule has 8 rings (SSSR count). The monoisotopic (exact) mass is 765 g/mol. The fraction of sp³-hybridized carbons (Fsp3) is 0.452. The van der Waals surface area contributed by atoms with Crippen LogP contribution in [-0.4, -0.2) is 103 Å². The highest BCUT2D eigenvalue weighted by molar-refractivity contribution is 6.03. The SMILES string of the molecule is C#Cc1c(F)ccc2cc(O)cc(-c3ncc4c(N5C[C@H]6CC(C#N)[C@@H](C5)N6C(=O)C=C)nc(OC[C@]5(C)C[C@@H](F)CN5C5CCC(C)(O)CC5)nc4c3F)c12. The number of hydrogen-bond acceptors (Lipinski definition) is 10. The van der Waals surface area contributed by atoms with Crippen molar-refractivity contribution in [2.24, 2.45) is 5.92 Å². The number of rotatable bonds is 7. The molecule has 11 nitrogen and oxygen atoms in total. The number of anilines is 1. The third-order valence-electron chi connectivity index (χ3n) is 12.3. The van der Waals surface area contributed by atoms with E-state index in [0.29, 0.717) is 37.5 Å². The molecule has 3 aliphatic heterocycles. The van der Waals surface area contributed by atoms with Gasteiger partial charge in [-0.2, -0.15) is 15.2 Å². The number of nitrogens with zero attached hydrogens (tertiary/aromatic N) is 7. The van der Waals surface area contributed by atoms with Gasteiger partial charge >= 0.3 is 6.01 Å². The summed E-state index contributed by atoms with van der Waals surface area (Å²) in [7, 11) is 0. The van der Waals surface area contributed by atoms with Crippen molar-refractivity contribution in [2.45, 2.75) is 87.8 Å². The highest BCUT2D eigenvalue weighted by Crippen LogP contribution is 2.43. The first-order valence-electron chi connectivity index (χ1n) is 18.9. The molecule has 4 aliphatic rings. The minimum atomic E-state index is -1.10. The Kier molecular flexibility index (Phi) is 9.33. The van der Waals surface area contributed by atoms with E-state index in [0.717, 1.165) is 0 Å². The number of carbonyl (C=O) groups is 1. The average molecular weight is 766 g/mol. The molecule has 0 spiro atoms. The molecule has 1 unspecified atom stereocenters. The molecule has 1 amide bonds. The number of fused-ring (bicyclic) bond motifs is 4. The highest BCUT2D eigenvalue weighted by Gasteiger charge is 2.50. The second-order valence-corrected chi connectivity index (χ2v) is 16.2. The number of hydrogen-bond donors (Lipinski definition) is 2. The van der Waals surface area contributed by atoms with Crippen LogP contribution in [0.15, 0.2) is 43.1 Å². The van der Waals surface area contributed by atoms with Crippen molar-refractivity contribution in [2.75, 3.05) is 31.1 Å². The first-order chi connectivity index (χ1) is 26.7. The van der Waals surface area contributed by atoms with Gasteiger partial charge in [0.2, 0.25) is 5.91 Å². The van der Waals surface area contributed by atoms with Crippen molar-refractivity contribution in [3.8, 4) is 41.4 Å². The predicted molar refractivity (Wildman–Crippen MR) is 203 cm³/mol. The third kappa shape index (κ3) is 6.35. The first-order valence-corrected chi connectivity index (χ1v) is 18.9. The molecular weight excluding hydrogens is 724 g/mol. The van der Waals surface area contributed by atoms with Crippen LogP contribution in [0.3, 0.4) is 0 Å². The predicted octanol–water partition coefficient (Wildman–Crippen LogP) is 5.80. The number of amides is 1. The molecule has 3 saturated heterocycles. The summed E-state index contributed by atoms with van der Waals surface area (Å²) in [5, 5.41) is 32.0. The van der Waals surface area contributed by atoms with Crippen molar-refractivity contribution in [3.05, 3.63) is 60.3 Å². The minimum absolute atomic E-state index is 0.0177. The summed E-state index contributed by atoms with van der Waals surface area (Å²) in [4.78, 5) is 32.4. The van der Waals surface area contributed by atoms with E-state index in [1.807, 2.05) is 18.7 Å². The molecule has 5 heterocycles. The van der Waals surface area contributed by atoms with Crippen molar-refractivity contribution in [3.63, 3.8) is 0 Å². The van der Waals surface area contributed by atoms with Gasteiger partial charge in [0.15, 0.2) is 5.82 Å². The molecule has 5 atom stereocenters. The number of benzene rings is 2. The molecule has 56 heavy (non-hydrogen) atoms. The summed E-state index contributed by atoms with van der Waals surface area (Å²) in [6.07, 6.45) is 10.5. The lowest BCUT2D eigenvalue weighted by Crippen LogP contribution is -2.56.